The highest BCUT2D eigenvalue weighted by molar-refractivity contribution is 5.04. The zero-order valence-corrected chi connectivity index (χ0v) is 32.8. The Kier molecular flexibility index (Phi) is 12.3. The molecule has 12 aliphatic rings. The first-order valence-electron chi connectivity index (χ1n) is 22.0. The van der Waals surface area contributed by atoms with E-state index < -0.39 is 0 Å². The molecule has 276 valence electrons. The van der Waals surface area contributed by atoms with Crippen LogP contribution in [0.15, 0.2) is 0 Å². The van der Waals surface area contributed by atoms with Crippen LogP contribution in [0.25, 0.3) is 0 Å². The Morgan fingerprint density at radius 2 is 1.08 bits per heavy atom. The van der Waals surface area contributed by atoms with Crippen molar-refractivity contribution in [3.05, 3.63) is 0 Å². The number of fused-ring (bicyclic) bond motifs is 2. The predicted molar refractivity (Wildman–Crippen MR) is 204 cm³/mol. The zero-order chi connectivity index (χ0) is 33.4. The summed E-state index contributed by atoms with van der Waals surface area (Å²) in [5, 5.41) is 0. The summed E-state index contributed by atoms with van der Waals surface area (Å²) in [5.74, 6) is 13.5. The van der Waals surface area contributed by atoms with E-state index in [1.54, 1.807) is 12.8 Å². The quantitative estimate of drug-likeness (QED) is 0.298. The molecule has 0 aromatic rings. The summed E-state index contributed by atoms with van der Waals surface area (Å²) in [4.78, 5) is 11.4. The third kappa shape index (κ3) is 8.55. The summed E-state index contributed by atoms with van der Waals surface area (Å²) in [6.07, 6.45) is 20.9. The second-order valence-electron chi connectivity index (χ2n) is 20.5. The molecule has 9 heterocycles. The van der Waals surface area contributed by atoms with Crippen LogP contribution >= 0.6 is 0 Å². The first kappa shape index (κ1) is 36.2. The summed E-state index contributed by atoms with van der Waals surface area (Å²) < 4.78 is 0. The monoisotopic (exact) mass is 665 g/mol. The molecular weight excluding hydrogens is 585 g/mol. The fraction of sp³-hybridized carbons (Fsp3) is 1.00. The molecule has 12 rings (SSSR count). The van der Waals surface area contributed by atoms with Crippen LogP contribution in [0, 0.1) is 82.9 Å². The molecule has 12 fully saturated rings. The number of hydrogen-bond acceptors (Lipinski definition) is 4. The summed E-state index contributed by atoms with van der Waals surface area (Å²) in [5.41, 5.74) is 0. The van der Waals surface area contributed by atoms with E-state index in [0.717, 1.165) is 82.9 Å². The van der Waals surface area contributed by atoms with Crippen molar-refractivity contribution in [2.45, 2.75) is 118 Å². The Morgan fingerprint density at radius 3 is 1.65 bits per heavy atom. The van der Waals surface area contributed by atoms with Crippen molar-refractivity contribution < 1.29 is 0 Å². The molecule has 0 radical (unpaired) electrons. The Morgan fingerprint density at radius 1 is 0.542 bits per heavy atom. The Hall–Kier alpha value is -0.160. The van der Waals surface area contributed by atoms with Gasteiger partial charge in [0, 0.05) is 45.8 Å². The average molecular weight is 665 g/mol. The molecule has 4 nitrogen and oxygen atoms in total. The van der Waals surface area contributed by atoms with Crippen molar-refractivity contribution in [3.63, 3.8) is 0 Å². The minimum Gasteiger partial charge on any atom is -0.309 e. The van der Waals surface area contributed by atoms with Gasteiger partial charge in [0.2, 0.25) is 0 Å². The molecule has 48 heavy (non-hydrogen) atoms. The largest absolute Gasteiger partial charge is 0.309 e. The highest BCUT2D eigenvalue weighted by atomic mass is 15.2. The number of nitrogens with zero attached hydrogens (tertiary/aromatic N) is 4. The Bertz CT molecular complexity index is 960. The van der Waals surface area contributed by atoms with Gasteiger partial charge in [-0.1, -0.05) is 40.5 Å². The van der Waals surface area contributed by atoms with Gasteiger partial charge >= 0.3 is 0 Å². The molecule has 9 unspecified atom stereocenters. The van der Waals surface area contributed by atoms with E-state index in [1.807, 2.05) is 0 Å². The van der Waals surface area contributed by atoms with Crippen molar-refractivity contribution in [3.8, 4) is 0 Å². The average Bonchev–Trinajstić information content (AvgIpc) is 3.06. The van der Waals surface area contributed by atoms with Crippen LogP contribution in [0.1, 0.15) is 118 Å². The zero-order valence-electron chi connectivity index (χ0n) is 32.8. The molecule has 12 bridgehead atoms. The molecule has 9 saturated heterocycles. The molecule has 4 heteroatoms. The SMILES string of the molecule is CC1CCC(C(C)C)CN2CC3CCC4CN(CC5CCC(C2)C3C45)CC2CCC(CCC(CCN(C)C)C3CCN(CC3)C1)C[C@@H]2C. The van der Waals surface area contributed by atoms with Crippen LogP contribution in [-0.2, 0) is 0 Å². The minimum atomic E-state index is 0.811. The van der Waals surface area contributed by atoms with E-state index in [4.69, 9.17) is 0 Å². The van der Waals surface area contributed by atoms with E-state index >= 15 is 0 Å². The van der Waals surface area contributed by atoms with Crippen LogP contribution in [0.3, 0.4) is 0 Å². The van der Waals surface area contributed by atoms with Gasteiger partial charge in [0.25, 0.3) is 0 Å². The van der Waals surface area contributed by atoms with Gasteiger partial charge < -0.3 is 19.6 Å². The molecule has 3 aliphatic carbocycles. The van der Waals surface area contributed by atoms with Gasteiger partial charge in [-0.25, -0.2) is 0 Å². The van der Waals surface area contributed by atoms with Gasteiger partial charge in [-0.3, -0.25) is 0 Å². The molecular formula is C44H80N4. The number of hydrogen-bond donors (Lipinski definition) is 0. The molecule has 0 aromatic carbocycles. The first-order valence-corrected chi connectivity index (χ1v) is 22.0. The van der Waals surface area contributed by atoms with E-state index in [-0.39, 0.29) is 0 Å². The smallest absolute Gasteiger partial charge is 0.00128 e. The fourth-order valence-corrected chi connectivity index (χ4v) is 13.8. The van der Waals surface area contributed by atoms with Crippen LogP contribution in [-0.4, -0.2) is 99.1 Å². The van der Waals surface area contributed by atoms with Crippen molar-refractivity contribution in [1.82, 2.24) is 19.6 Å². The van der Waals surface area contributed by atoms with Crippen LogP contribution in [0.4, 0.5) is 0 Å². The number of rotatable bonds is 4. The lowest BCUT2D eigenvalue weighted by Crippen LogP contribution is -2.61. The van der Waals surface area contributed by atoms with E-state index in [0.29, 0.717) is 0 Å². The highest BCUT2D eigenvalue weighted by Gasteiger charge is 2.53. The van der Waals surface area contributed by atoms with Crippen molar-refractivity contribution in [1.29, 1.82) is 0 Å². The fourth-order valence-electron chi connectivity index (χ4n) is 13.8. The standard InChI is InChI=1S/C44H80N4/c1-31(2)37-10-7-32(3)24-46-21-18-36(19-22-46)35(17-20-45(5)6)11-8-34-9-12-38(33(4)23-34)26-48-29-41-15-13-39-27-47(25-37)28-40-14-16-42(30-48)44(41)43(39)40/h31-44H,7-30H2,1-6H3/t32?,33-,34?,35?,37?,38?,39?,40?,41?,42?,43?,44?/m0/s1. The van der Waals surface area contributed by atoms with Crippen molar-refractivity contribution in [2.75, 3.05) is 79.5 Å². The normalized spacial score (nSPS) is 49.0. The molecule has 0 N–H and O–H groups in total. The van der Waals surface area contributed by atoms with E-state index in [9.17, 15) is 0 Å². The highest BCUT2D eigenvalue weighted by Crippen LogP contribution is 2.56. The van der Waals surface area contributed by atoms with E-state index in [1.165, 1.54) is 142 Å². The van der Waals surface area contributed by atoms with E-state index in [2.05, 4.69) is 61.4 Å². The second-order valence-corrected chi connectivity index (χ2v) is 20.5. The summed E-state index contributed by atoms with van der Waals surface area (Å²) >= 11 is 0. The molecule has 0 aromatic heterocycles. The lowest BCUT2D eigenvalue weighted by molar-refractivity contribution is -0.118. The van der Waals surface area contributed by atoms with Gasteiger partial charge in [-0.05, 0) is 194 Å². The molecule has 10 atom stereocenters. The lowest BCUT2D eigenvalue weighted by Gasteiger charge is -2.61. The third-order valence-electron chi connectivity index (χ3n) is 16.6. The van der Waals surface area contributed by atoms with Crippen molar-refractivity contribution in [2.24, 2.45) is 82.9 Å². The molecule has 0 spiro atoms. The maximum absolute atomic E-state index is 3.05. The van der Waals surface area contributed by atoms with Gasteiger partial charge in [0.1, 0.15) is 0 Å². The number of piperidine rings is 3. The summed E-state index contributed by atoms with van der Waals surface area (Å²) in [6, 6.07) is 0. The van der Waals surface area contributed by atoms with Crippen LogP contribution < -0.4 is 0 Å². The van der Waals surface area contributed by atoms with Crippen LogP contribution in [0.5, 0.6) is 0 Å². The molecule has 3 saturated carbocycles. The van der Waals surface area contributed by atoms with Gasteiger partial charge in [0.05, 0.1) is 0 Å². The van der Waals surface area contributed by atoms with Crippen LogP contribution in [0.2, 0.25) is 0 Å². The van der Waals surface area contributed by atoms with Gasteiger partial charge in [-0.2, -0.15) is 0 Å². The maximum Gasteiger partial charge on any atom is 0.00128 e. The summed E-state index contributed by atoms with van der Waals surface area (Å²) in [6.45, 7) is 24.3. The maximum atomic E-state index is 3.05. The topological polar surface area (TPSA) is 13.0 Å². The first-order chi connectivity index (χ1) is 23.2. The Labute approximate surface area is 298 Å². The summed E-state index contributed by atoms with van der Waals surface area (Å²) in [7, 11) is 4.58. The predicted octanol–water partition coefficient (Wildman–Crippen LogP) is 8.72. The Balaban J connectivity index is 1.05. The van der Waals surface area contributed by atoms with Crippen molar-refractivity contribution >= 4 is 0 Å². The van der Waals surface area contributed by atoms with Gasteiger partial charge in [0.15, 0.2) is 0 Å². The molecule has 9 aliphatic heterocycles. The second kappa shape index (κ2) is 16.2. The lowest BCUT2D eigenvalue weighted by atomic mass is 9.51. The third-order valence-corrected chi connectivity index (χ3v) is 16.6. The minimum absolute atomic E-state index is 0.811. The molecule has 0 amide bonds. The van der Waals surface area contributed by atoms with Gasteiger partial charge in [-0.15, -0.1) is 0 Å².